The first-order valence-corrected chi connectivity index (χ1v) is 5.45. The second-order valence-corrected chi connectivity index (χ2v) is 4.24. The lowest BCUT2D eigenvalue weighted by atomic mass is 10.3. The smallest absolute Gasteiger partial charge is 0.444 e. The third-order valence-electron chi connectivity index (χ3n) is 1.61. The number of benzene rings is 1. The molecule has 1 aromatic rings. The van der Waals surface area contributed by atoms with E-state index in [1.165, 1.54) is 13.2 Å². The lowest BCUT2D eigenvalue weighted by Gasteiger charge is -2.06. The first kappa shape index (κ1) is 13.6. The molecule has 0 radical (unpaired) electrons. The Morgan fingerprint density at radius 3 is 2.56 bits per heavy atom. The van der Waals surface area contributed by atoms with Crippen LogP contribution < -0.4 is 4.74 Å². The highest BCUT2D eigenvalue weighted by molar-refractivity contribution is 14.1. The van der Waals surface area contributed by atoms with Crippen molar-refractivity contribution in [2.24, 2.45) is 4.99 Å². The molecule has 0 aliphatic carbocycles. The largest absolute Gasteiger partial charge is 0.497 e. The number of rotatable bonds is 2. The monoisotopic (exact) mass is 363 g/mol. The minimum absolute atomic E-state index is 0.127. The zero-order valence-corrected chi connectivity index (χ0v) is 10.9. The highest BCUT2D eigenvalue weighted by Crippen LogP contribution is 2.29. The van der Waals surface area contributed by atoms with Crippen molar-refractivity contribution in [1.29, 1.82) is 0 Å². The molecule has 0 saturated carbocycles. The topological polar surface area (TPSA) is 21.6 Å². The third-order valence-corrected chi connectivity index (χ3v) is 2.82. The summed E-state index contributed by atoms with van der Waals surface area (Å²) in [5.74, 6) is 0.422. The predicted octanol–water partition coefficient (Wildman–Crippen LogP) is 4.13. The molecule has 0 heterocycles. The lowest BCUT2D eigenvalue weighted by molar-refractivity contribution is -0.0558. The lowest BCUT2D eigenvalue weighted by Crippen LogP contribution is -2.16. The quantitative estimate of drug-likeness (QED) is 0.572. The summed E-state index contributed by atoms with van der Waals surface area (Å²) in [5.41, 5.74) is 0.127. The number of nitrogens with zero attached hydrogens (tertiary/aromatic N) is 1. The maximum atomic E-state index is 12.2. The zero-order valence-electron chi connectivity index (χ0n) is 7.98. The molecule has 2 nitrogen and oxygen atoms in total. The van der Waals surface area contributed by atoms with Crippen molar-refractivity contribution in [3.63, 3.8) is 0 Å². The normalized spacial score (nSPS) is 12.8. The summed E-state index contributed by atoms with van der Waals surface area (Å²) in [6.07, 6.45) is -4.63. The average molecular weight is 364 g/mol. The Morgan fingerprint density at radius 2 is 2.06 bits per heavy atom. The number of hydrogen-bond donors (Lipinski definition) is 0. The van der Waals surface area contributed by atoms with Crippen LogP contribution in [0.4, 0.5) is 18.9 Å². The van der Waals surface area contributed by atoms with E-state index in [1.54, 1.807) is 12.1 Å². The average Bonchev–Trinajstić information content (AvgIpc) is 2.19. The molecule has 7 heteroatoms. The molecular formula is C9H6ClF3INO. The van der Waals surface area contributed by atoms with Crippen LogP contribution in [-0.4, -0.2) is 18.5 Å². The first-order valence-electron chi connectivity index (χ1n) is 3.99. The van der Waals surface area contributed by atoms with Crippen LogP contribution >= 0.6 is 34.2 Å². The van der Waals surface area contributed by atoms with E-state index < -0.39 is 11.3 Å². The summed E-state index contributed by atoms with van der Waals surface area (Å²) in [5, 5.41) is -1.40. The van der Waals surface area contributed by atoms with Crippen LogP contribution in [0.3, 0.4) is 0 Å². The van der Waals surface area contributed by atoms with Gasteiger partial charge in [-0.25, -0.2) is 4.99 Å². The van der Waals surface area contributed by atoms with E-state index in [4.69, 9.17) is 16.3 Å². The molecule has 0 spiro atoms. The molecule has 0 saturated heterocycles. The molecule has 1 aromatic carbocycles. The molecular weight excluding hydrogens is 357 g/mol. The number of alkyl halides is 3. The van der Waals surface area contributed by atoms with Gasteiger partial charge in [-0.3, -0.25) is 0 Å². The Bertz CT molecular complexity index is 420. The van der Waals surface area contributed by atoms with Crippen molar-refractivity contribution >= 4 is 45.1 Å². The summed E-state index contributed by atoms with van der Waals surface area (Å²) in [7, 11) is 1.42. The molecule has 1 rings (SSSR count). The van der Waals surface area contributed by atoms with E-state index in [0.29, 0.717) is 9.32 Å². The van der Waals surface area contributed by atoms with Gasteiger partial charge in [0.25, 0.3) is 0 Å². The molecule has 0 aromatic heterocycles. The number of methoxy groups -OCH3 is 1. The van der Waals surface area contributed by atoms with Crippen molar-refractivity contribution in [2.75, 3.05) is 7.11 Å². The van der Waals surface area contributed by atoms with Crippen molar-refractivity contribution in [3.8, 4) is 5.75 Å². The summed E-state index contributed by atoms with van der Waals surface area (Å²) < 4.78 is 41.9. The van der Waals surface area contributed by atoms with Crippen molar-refractivity contribution in [2.45, 2.75) is 6.18 Å². The fourth-order valence-corrected chi connectivity index (χ4v) is 1.42. The van der Waals surface area contributed by atoms with Gasteiger partial charge >= 0.3 is 6.18 Å². The number of hydrogen-bond acceptors (Lipinski definition) is 2. The van der Waals surface area contributed by atoms with Crippen LogP contribution in [-0.2, 0) is 0 Å². The van der Waals surface area contributed by atoms with Crippen molar-refractivity contribution in [1.82, 2.24) is 0 Å². The highest BCUT2D eigenvalue weighted by atomic mass is 127. The van der Waals surface area contributed by atoms with Crippen LogP contribution in [0.1, 0.15) is 0 Å². The Kier molecular flexibility index (Phi) is 4.43. The number of halogens is 5. The fraction of sp³-hybridized carbons (Fsp3) is 0.222. The van der Waals surface area contributed by atoms with Gasteiger partial charge in [-0.15, -0.1) is 0 Å². The van der Waals surface area contributed by atoms with Gasteiger partial charge in [0.15, 0.2) is 0 Å². The number of aliphatic imine (C=N–C) groups is 1. The molecule has 0 N–H and O–H groups in total. The van der Waals surface area contributed by atoms with E-state index >= 15 is 0 Å². The minimum atomic E-state index is -4.63. The van der Waals surface area contributed by atoms with Crippen LogP contribution in [0.2, 0.25) is 0 Å². The maximum Gasteiger partial charge on any atom is 0.444 e. The Balaban J connectivity index is 3.14. The van der Waals surface area contributed by atoms with E-state index in [2.05, 4.69) is 4.99 Å². The van der Waals surface area contributed by atoms with Crippen molar-refractivity contribution in [3.05, 3.63) is 21.8 Å². The molecule has 0 atom stereocenters. The third kappa shape index (κ3) is 3.51. The number of ether oxygens (including phenoxy) is 1. The van der Waals surface area contributed by atoms with Gasteiger partial charge in [0.2, 0.25) is 5.17 Å². The highest BCUT2D eigenvalue weighted by Gasteiger charge is 2.34. The maximum absolute atomic E-state index is 12.2. The molecule has 0 unspecified atom stereocenters. The molecule has 0 fully saturated rings. The zero-order chi connectivity index (χ0) is 12.3. The molecule has 0 amide bonds. The van der Waals surface area contributed by atoms with Crippen LogP contribution in [0, 0.1) is 3.57 Å². The Labute approximate surface area is 109 Å². The van der Waals surface area contributed by atoms with Crippen LogP contribution in [0.15, 0.2) is 23.2 Å². The Hall–Kier alpha value is -0.500. The van der Waals surface area contributed by atoms with Gasteiger partial charge in [-0.2, -0.15) is 13.2 Å². The molecule has 88 valence electrons. The molecule has 16 heavy (non-hydrogen) atoms. The van der Waals surface area contributed by atoms with E-state index in [-0.39, 0.29) is 5.69 Å². The van der Waals surface area contributed by atoms with E-state index in [0.717, 1.165) is 0 Å². The second-order valence-electron chi connectivity index (χ2n) is 2.72. The van der Waals surface area contributed by atoms with Crippen LogP contribution in [0.5, 0.6) is 5.75 Å². The van der Waals surface area contributed by atoms with Crippen molar-refractivity contribution < 1.29 is 17.9 Å². The van der Waals surface area contributed by atoms with E-state index in [9.17, 15) is 13.2 Å². The van der Waals surface area contributed by atoms with Gasteiger partial charge in [0, 0.05) is 9.64 Å². The molecule has 0 aliphatic rings. The van der Waals surface area contributed by atoms with Gasteiger partial charge in [0.1, 0.15) is 5.75 Å². The van der Waals surface area contributed by atoms with E-state index in [1.807, 2.05) is 22.6 Å². The molecule has 0 bridgehead atoms. The van der Waals surface area contributed by atoms with Gasteiger partial charge in [0.05, 0.1) is 12.8 Å². The first-order chi connectivity index (χ1) is 7.34. The van der Waals surface area contributed by atoms with Gasteiger partial charge in [-0.1, -0.05) is 11.6 Å². The minimum Gasteiger partial charge on any atom is -0.497 e. The standard InChI is InChI=1S/C9H6ClF3INO/c1-16-5-2-3-6(14)7(4-5)15-8(10)9(11,12)13/h2-4H,1H3. The fourth-order valence-electron chi connectivity index (χ4n) is 0.874. The summed E-state index contributed by atoms with van der Waals surface area (Å²) in [6, 6.07) is 4.61. The summed E-state index contributed by atoms with van der Waals surface area (Å²) >= 11 is 6.91. The predicted molar refractivity (Wildman–Crippen MR) is 64.7 cm³/mol. The second kappa shape index (κ2) is 5.22. The molecule has 0 aliphatic heterocycles. The summed E-state index contributed by atoms with van der Waals surface area (Å²) in [6.45, 7) is 0. The SMILES string of the molecule is COc1ccc(I)c(N=C(Cl)C(F)(F)F)c1. The van der Waals surface area contributed by atoms with Gasteiger partial charge < -0.3 is 4.74 Å². The van der Waals surface area contributed by atoms with Gasteiger partial charge in [-0.05, 0) is 34.7 Å². The van der Waals surface area contributed by atoms with Crippen LogP contribution in [0.25, 0.3) is 0 Å². The Morgan fingerprint density at radius 1 is 1.44 bits per heavy atom. The summed E-state index contributed by atoms with van der Waals surface area (Å²) in [4.78, 5) is 3.31.